The van der Waals surface area contributed by atoms with Crippen molar-refractivity contribution in [1.82, 2.24) is 5.32 Å². The second-order valence-electron chi connectivity index (χ2n) is 3.74. The third-order valence-electron chi connectivity index (χ3n) is 2.54. The van der Waals surface area contributed by atoms with Gasteiger partial charge in [-0.25, -0.2) is 0 Å². The predicted octanol–water partition coefficient (Wildman–Crippen LogP) is 4.86. The third kappa shape index (κ3) is 3.63. The van der Waals surface area contributed by atoms with Crippen molar-refractivity contribution in [3.05, 3.63) is 51.3 Å². The van der Waals surface area contributed by atoms with Crippen LogP contribution in [0.5, 0.6) is 0 Å². The smallest absolute Gasteiger partial charge is 0.135 e. The zero-order chi connectivity index (χ0) is 13.0. The van der Waals surface area contributed by atoms with Crippen molar-refractivity contribution in [3.8, 4) is 0 Å². The van der Waals surface area contributed by atoms with E-state index >= 15 is 0 Å². The summed E-state index contributed by atoms with van der Waals surface area (Å²) in [5.74, 6) is 1.87. The lowest BCUT2D eigenvalue weighted by molar-refractivity contribution is 0.450. The zero-order valence-electron chi connectivity index (χ0n) is 9.82. The summed E-state index contributed by atoms with van der Waals surface area (Å²) in [6.45, 7) is 0. The van der Waals surface area contributed by atoms with E-state index in [1.165, 1.54) is 4.90 Å². The van der Waals surface area contributed by atoms with Crippen LogP contribution in [0.4, 0.5) is 0 Å². The van der Waals surface area contributed by atoms with E-state index in [-0.39, 0.29) is 6.04 Å². The van der Waals surface area contributed by atoms with Crippen molar-refractivity contribution in [2.45, 2.75) is 10.9 Å². The number of hydrogen-bond donors (Lipinski definition) is 1. The Bertz CT molecular complexity index is 498. The lowest BCUT2D eigenvalue weighted by atomic mass is 10.2. The van der Waals surface area contributed by atoms with E-state index in [0.717, 1.165) is 20.5 Å². The molecule has 0 saturated heterocycles. The maximum atomic E-state index is 5.49. The fourth-order valence-electron chi connectivity index (χ4n) is 1.55. The van der Waals surface area contributed by atoms with Gasteiger partial charge in [-0.3, -0.25) is 0 Å². The van der Waals surface area contributed by atoms with Gasteiger partial charge in [0.15, 0.2) is 0 Å². The predicted molar refractivity (Wildman–Crippen MR) is 83.1 cm³/mol. The first-order chi connectivity index (χ1) is 8.70. The SMILES string of the molecule is CNC(CSc1ccc(Br)cc1)c1occc1Br. The summed E-state index contributed by atoms with van der Waals surface area (Å²) in [5.41, 5.74) is 0. The Labute approximate surface area is 128 Å². The van der Waals surface area contributed by atoms with E-state index in [1.807, 2.05) is 13.1 Å². The van der Waals surface area contributed by atoms with E-state index in [9.17, 15) is 0 Å². The summed E-state index contributed by atoms with van der Waals surface area (Å²) in [6.07, 6.45) is 1.70. The summed E-state index contributed by atoms with van der Waals surface area (Å²) in [6, 6.07) is 10.4. The second kappa shape index (κ2) is 6.80. The lowest BCUT2D eigenvalue weighted by Gasteiger charge is -2.13. The summed E-state index contributed by atoms with van der Waals surface area (Å²) < 4.78 is 7.61. The normalized spacial score (nSPS) is 12.6. The van der Waals surface area contributed by atoms with Gasteiger partial charge < -0.3 is 9.73 Å². The molecule has 18 heavy (non-hydrogen) atoms. The zero-order valence-corrected chi connectivity index (χ0v) is 13.8. The van der Waals surface area contributed by atoms with Gasteiger partial charge in [-0.15, -0.1) is 11.8 Å². The average molecular weight is 391 g/mol. The number of furan rings is 1. The molecule has 0 radical (unpaired) electrons. The highest BCUT2D eigenvalue weighted by molar-refractivity contribution is 9.10. The molecule has 1 unspecified atom stereocenters. The minimum absolute atomic E-state index is 0.197. The molecular formula is C13H13Br2NOS. The van der Waals surface area contributed by atoms with Crippen molar-refractivity contribution in [1.29, 1.82) is 0 Å². The molecular weight excluding hydrogens is 378 g/mol. The van der Waals surface area contributed by atoms with Gasteiger partial charge in [0.1, 0.15) is 5.76 Å². The van der Waals surface area contributed by atoms with Crippen LogP contribution in [-0.4, -0.2) is 12.8 Å². The van der Waals surface area contributed by atoms with Crippen molar-refractivity contribution in [2.75, 3.05) is 12.8 Å². The molecule has 1 N–H and O–H groups in total. The molecule has 2 rings (SSSR count). The van der Waals surface area contributed by atoms with Crippen molar-refractivity contribution >= 4 is 43.6 Å². The first-order valence-electron chi connectivity index (χ1n) is 5.49. The summed E-state index contributed by atoms with van der Waals surface area (Å²) in [7, 11) is 1.95. The standard InChI is InChI=1S/C13H13Br2NOS/c1-16-12(13-11(15)6-7-17-13)8-18-10-4-2-9(14)3-5-10/h2-7,12,16H,8H2,1H3. The summed E-state index contributed by atoms with van der Waals surface area (Å²) in [4.78, 5) is 1.25. The highest BCUT2D eigenvalue weighted by Gasteiger charge is 2.16. The first-order valence-corrected chi connectivity index (χ1v) is 8.06. The molecule has 96 valence electrons. The van der Waals surface area contributed by atoms with Gasteiger partial charge in [0.25, 0.3) is 0 Å². The quantitative estimate of drug-likeness (QED) is 0.738. The molecule has 0 aliphatic carbocycles. The molecule has 0 amide bonds. The molecule has 2 nitrogen and oxygen atoms in total. The molecule has 5 heteroatoms. The maximum Gasteiger partial charge on any atom is 0.135 e. The molecule has 1 heterocycles. The maximum absolute atomic E-state index is 5.49. The number of benzene rings is 1. The van der Waals surface area contributed by atoms with Gasteiger partial charge >= 0.3 is 0 Å². The van der Waals surface area contributed by atoms with Gasteiger partial charge in [0.05, 0.1) is 16.8 Å². The largest absolute Gasteiger partial charge is 0.466 e. The second-order valence-corrected chi connectivity index (χ2v) is 6.60. The Balaban J connectivity index is 2.00. The minimum atomic E-state index is 0.197. The Hall–Kier alpha value is -0.230. The van der Waals surface area contributed by atoms with Gasteiger partial charge in [0, 0.05) is 15.1 Å². The Kier molecular flexibility index (Phi) is 5.36. The molecule has 0 aliphatic rings. The van der Waals surface area contributed by atoms with E-state index < -0.39 is 0 Å². The topological polar surface area (TPSA) is 25.2 Å². The third-order valence-corrected chi connectivity index (χ3v) is 4.83. The highest BCUT2D eigenvalue weighted by atomic mass is 79.9. The van der Waals surface area contributed by atoms with E-state index in [2.05, 4.69) is 61.4 Å². The monoisotopic (exact) mass is 389 g/mol. The molecule has 0 aliphatic heterocycles. The van der Waals surface area contributed by atoms with Gasteiger partial charge in [0.2, 0.25) is 0 Å². The van der Waals surface area contributed by atoms with Gasteiger partial charge in [-0.05, 0) is 53.3 Å². The first kappa shape index (κ1) is 14.2. The molecule has 0 saturated carbocycles. The fraction of sp³-hybridized carbons (Fsp3) is 0.231. The average Bonchev–Trinajstić information content (AvgIpc) is 2.79. The molecule has 0 bridgehead atoms. The molecule has 0 spiro atoms. The van der Waals surface area contributed by atoms with E-state index in [1.54, 1.807) is 18.0 Å². The Morgan fingerprint density at radius 1 is 1.22 bits per heavy atom. The van der Waals surface area contributed by atoms with Crippen LogP contribution < -0.4 is 5.32 Å². The number of hydrogen-bond acceptors (Lipinski definition) is 3. The molecule has 1 atom stereocenters. The van der Waals surface area contributed by atoms with Crippen LogP contribution in [0.25, 0.3) is 0 Å². The van der Waals surface area contributed by atoms with Crippen molar-refractivity contribution in [2.24, 2.45) is 0 Å². The molecule has 1 aromatic heterocycles. The molecule has 0 fully saturated rings. The summed E-state index contributed by atoms with van der Waals surface area (Å²) in [5, 5.41) is 3.27. The van der Waals surface area contributed by atoms with Crippen molar-refractivity contribution in [3.63, 3.8) is 0 Å². The lowest BCUT2D eigenvalue weighted by Crippen LogP contribution is -2.18. The minimum Gasteiger partial charge on any atom is -0.466 e. The summed E-state index contributed by atoms with van der Waals surface area (Å²) >= 11 is 8.74. The molecule has 1 aromatic carbocycles. The van der Waals surface area contributed by atoms with E-state index in [4.69, 9.17) is 4.42 Å². The van der Waals surface area contributed by atoms with Crippen LogP contribution in [0.1, 0.15) is 11.8 Å². The van der Waals surface area contributed by atoms with Crippen LogP contribution >= 0.6 is 43.6 Å². The Morgan fingerprint density at radius 3 is 2.50 bits per heavy atom. The van der Waals surface area contributed by atoms with Crippen LogP contribution in [-0.2, 0) is 0 Å². The van der Waals surface area contributed by atoms with Crippen LogP contribution in [0.3, 0.4) is 0 Å². The van der Waals surface area contributed by atoms with Crippen molar-refractivity contribution < 1.29 is 4.42 Å². The highest BCUT2D eigenvalue weighted by Crippen LogP contribution is 2.30. The van der Waals surface area contributed by atoms with Gasteiger partial charge in [-0.1, -0.05) is 15.9 Å². The van der Waals surface area contributed by atoms with Crippen LogP contribution in [0.15, 0.2) is 54.9 Å². The Morgan fingerprint density at radius 2 is 1.94 bits per heavy atom. The molecule has 2 aromatic rings. The number of rotatable bonds is 5. The number of nitrogens with one attached hydrogen (secondary N) is 1. The van der Waals surface area contributed by atoms with Crippen LogP contribution in [0.2, 0.25) is 0 Å². The van der Waals surface area contributed by atoms with Gasteiger partial charge in [-0.2, -0.15) is 0 Å². The van der Waals surface area contributed by atoms with Crippen LogP contribution in [0, 0.1) is 0 Å². The number of thioether (sulfide) groups is 1. The van der Waals surface area contributed by atoms with E-state index in [0.29, 0.717) is 0 Å². The number of halogens is 2. The fourth-order valence-corrected chi connectivity index (χ4v) is 3.30.